The largest absolute Gasteiger partial charge is 0.506 e. The van der Waals surface area contributed by atoms with Gasteiger partial charge in [0.15, 0.2) is 0 Å². The van der Waals surface area contributed by atoms with E-state index in [-0.39, 0.29) is 5.75 Å². The number of hydrogen-bond acceptors (Lipinski definition) is 3. The van der Waals surface area contributed by atoms with Gasteiger partial charge in [-0.25, -0.2) is 0 Å². The van der Waals surface area contributed by atoms with E-state index < -0.39 is 0 Å². The first-order valence-corrected chi connectivity index (χ1v) is 6.51. The normalized spacial score (nSPS) is 18.8. The van der Waals surface area contributed by atoms with E-state index in [1.807, 2.05) is 6.07 Å². The lowest BCUT2D eigenvalue weighted by molar-refractivity contribution is 0.150. The fourth-order valence-electron chi connectivity index (χ4n) is 2.52. The van der Waals surface area contributed by atoms with E-state index in [9.17, 15) is 5.11 Å². The molecular weight excluding hydrogens is 212 g/mol. The van der Waals surface area contributed by atoms with Crippen LogP contribution in [-0.2, 0) is 6.54 Å². The number of likely N-dealkylation sites (tertiary alicyclic amines) is 1. The molecule has 1 saturated heterocycles. The van der Waals surface area contributed by atoms with Crippen LogP contribution in [0.4, 0.5) is 0 Å². The van der Waals surface area contributed by atoms with Gasteiger partial charge in [0, 0.05) is 6.54 Å². The van der Waals surface area contributed by atoms with Crippen LogP contribution in [0.3, 0.4) is 0 Å². The molecule has 0 aliphatic carbocycles. The lowest BCUT2D eigenvalue weighted by Crippen LogP contribution is -2.34. The van der Waals surface area contributed by atoms with Crippen molar-refractivity contribution in [3.05, 3.63) is 24.0 Å². The van der Waals surface area contributed by atoms with Gasteiger partial charge in [-0.1, -0.05) is 13.8 Å². The number of nitrogens with zero attached hydrogens (tertiary/aromatic N) is 2. The Morgan fingerprint density at radius 2 is 2.06 bits per heavy atom. The Kier molecular flexibility index (Phi) is 4.00. The first-order valence-electron chi connectivity index (χ1n) is 6.51. The van der Waals surface area contributed by atoms with Gasteiger partial charge in [-0.05, 0) is 49.9 Å². The molecule has 3 heteroatoms. The fraction of sp³-hybridized carbons (Fsp3) is 0.643. The van der Waals surface area contributed by atoms with Gasteiger partial charge in [-0.3, -0.25) is 9.88 Å². The molecule has 2 heterocycles. The Balaban J connectivity index is 1.84. The van der Waals surface area contributed by atoms with Gasteiger partial charge >= 0.3 is 0 Å². The average molecular weight is 234 g/mol. The Hall–Kier alpha value is -1.09. The Bertz CT molecular complexity index is 340. The molecule has 1 aromatic heterocycles. The molecule has 0 saturated carbocycles. The van der Waals surface area contributed by atoms with E-state index in [1.54, 1.807) is 6.07 Å². The number of hydrogen-bond donors (Lipinski definition) is 1. The monoisotopic (exact) mass is 234 g/mol. The third kappa shape index (κ3) is 3.43. The zero-order valence-electron chi connectivity index (χ0n) is 10.8. The first kappa shape index (κ1) is 12.4. The van der Waals surface area contributed by atoms with Crippen LogP contribution < -0.4 is 0 Å². The van der Waals surface area contributed by atoms with Crippen LogP contribution in [0, 0.1) is 11.8 Å². The van der Waals surface area contributed by atoms with Crippen molar-refractivity contribution < 1.29 is 5.11 Å². The minimum atomic E-state index is 0.243. The molecule has 1 aliphatic rings. The zero-order valence-corrected chi connectivity index (χ0v) is 10.8. The predicted octanol–water partition coefficient (Wildman–Crippen LogP) is 2.66. The minimum absolute atomic E-state index is 0.243. The van der Waals surface area contributed by atoms with Crippen LogP contribution in [0.2, 0.25) is 0 Å². The molecule has 3 nitrogen and oxygen atoms in total. The van der Waals surface area contributed by atoms with Gasteiger partial charge in [0.1, 0.15) is 5.75 Å². The maximum atomic E-state index is 9.18. The molecule has 0 unspecified atom stereocenters. The summed E-state index contributed by atoms with van der Waals surface area (Å²) in [5, 5.41) is 9.18. The molecule has 0 atom stereocenters. The maximum Gasteiger partial charge on any atom is 0.133 e. The third-order valence-corrected chi connectivity index (χ3v) is 3.77. The Morgan fingerprint density at radius 1 is 1.35 bits per heavy atom. The van der Waals surface area contributed by atoms with Crippen molar-refractivity contribution in [2.45, 2.75) is 33.2 Å². The fourth-order valence-corrected chi connectivity index (χ4v) is 2.52. The van der Waals surface area contributed by atoms with Crippen LogP contribution in [0.15, 0.2) is 18.3 Å². The smallest absolute Gasteiger partial charge is 0.133 e. The van der Waals surface area contributed by atoms with Crippen LogP contribution in [0.25, 0.3) is 0 Å². The topological polar surface area (TPSA) is 36.4 Å². The molecule has 1 N–H and O–H groups in total. The second-order valence-corrected chi connectivity index (χ2v) is 5.37. The maximum absolute atomic E-state index is 9.18. The van der Waals surface area contributed by atoms with Gasteiger partial charge in [0.2, 0.25) is 0 Å². The molecule has 1 fully saturated rings. The highest BCUT2D eigenvalue weighted by Crippen LogP contribution is 2.25. The van der Waals surface area contributed by atoms with Gasteiger partial charge in [-0.15, -0.1) is 0 Å². The average Bonchev–Trinajstić information content (AvgIpc) is 2.33. The van der Waals surface area contributed by atoms with Crippen molar-refractivity contribution in [3.8, 4) is 5.75 Å². The number of rotatable bonds is 3. The van der Waals surface area contributed by atoms with E-state index in [0.29, 0.717) is 0 Å². The van der Waals surface area contributed by atoms with Crippen molar-refractivity contribution >= 4 is 0 Å². The summed E-state index contributed by atoms with van der Waals surface area (Å²) in [6.45, 7) is 7.89. The van der Waals surface area contributed by atoms with E-state index >= 15 is 0 Å². The minimum Gasteiger partial charge on any atom is -0.506 e. The summed E-state index contributed by atoms with van der Waals surface area (Å²) in [7, 11) is 0. The number of aromatic nitrogens is 1. The summed E-state index contributed by atoms with van der Waals surface area (Å²) in [6, 6.07) is 3.62. The second-order valence-electron chi connectivity index (χ2n) is 5.37. The van der Waals surface area contributed by atoms with Gasteiger partial charge in [-0.2, -0.15) is 0 Å². The van der Waals surface area contributed by atoms with Crippen LogP contribution in [0.5, 0.6) is 5.75 Å². The van der Waals surface area contributed by atoms with E-state index in [0.717, 1.165) is 24.1 Å². The van der Waals surface area contributed by atoms with Crippen LogP contribution in [0.1, 0.15) is 32.4 Å². The second kappa shape index (κ2) is 5.50. The molecule has 94 valence electrons. The van der Waals surface area contributed by atoms with Gasteiger partial charge < -0.3 is 5.11 Å². The molecule has 2 rings (SSSR count). The van der Waals surface area contributed by atoms with Crippen LogP contribution >= 0.6 is 0 Å². The highest BCUT2D eigenvalue weighted by molar-refractivity contribution is 5.17. The van der Waals surface area contributed by atoms with E-state index in [4.69, 9.17) is 0 Å². The number of piperidine rings is 1. The SMILES string of the molecule is CC(C)C1CCN(Cc2ccc(O)cn2)CC1. The predicted molar refractivity (Wildman–Crippen MR) is 68.7 cm³/mol. The van der Waals surface area contributed by atoms with Crippen LogP contribution in [-0.4, -0.2) is 28.1 Å². The van der Waals surface area contributed by atoms with Crippen molar-refractivity contribution in [1.29, 1.82) is 0 Å². The molecule has 0 bridgehead atoms. The van der Waals surface area contributed by atoms with Crippen molar-refractivity contribution in [3.63, 3.8) is 0 Å². The Morgan fingerprint density at radius 3 is 2.59 bits per heavy atom. The lowest BCUT2D eigenvalue weighted by Gasteiger charge is -2.33. The van der Waals surface area contributed by atoms with E-state index in [2.05, 4.69) is 23.7 Å². The standard InChI is InChI=1S/C14H22N2O/c1-11(2)12-5-7-16(8-6-12)10-13-3-4-14(17)9-15-13/h3-4,9,11-12,17H,5-8,10H2,1-2H3. The summed E-state index contributed by atoms with van der Waals surface area (Å²) in [5.74, 6) is 1.94. The summed E-state index contributed by atoms with van der Waals surface area (Å²) >= 11 is 0. The van der Waals surface area contributed by atoms with Crippen molar-refractivity contribution in [2.75, 3.05) is 13.1 Å². The molecule has 17 heavy (non-hydrogen) atoms. The highest BCUT2D eigenvalue weighted by atomic mass is 16.3. The summed E-state index contributed by atoms with van der Waals surface area (Å²) < 4.78 is 0. The molecule has 0 spiro atoms. The van der Waals surface area contributed by atoms with Gasteiger partial charge in [0.25, 0.3) is 0 Å². The van der Waals surface area contributed by atoms with E-state index in [1.165, 1.54) is 32.1 Å². The highest BCUT2D eigenvalue weighted by Gasteiger charge is 2.21. The molecule has 1 aromatic rings. The summed E-state index contributed by atoms with van der Waals surface area (Å²) in [5.41, 5.74) is 1.05. The van der Waals surface area contributed by atoms with Crippen molar-refractivity contribution in [1.82, 2.24) is 9.88 Å². The molecule has 1 aliphatic heterocycles. The van der Waals surface area contributed by atoms with Gasteiger partial charge in [0.05, 0.1) is 11.9 Å². The quantitative estimate of drug-likeness (QED) is 0.873. The van der Waals surface area contributed by atoms with Crippen molar-refractivity contribution in [2.24, 2.45) is 11.8 Å². The Labute approximate surface area is 103 Å². The lowest BCUT2D eigenvalue weighted by atomic mass is 9.87. The summed E-state index contributed by atoms with van der Waals surface area (Å²) in [4.78, 5) is 6.69. The third-order valence-electron chi connectivity index (χ3n) is 3.77. The molecule has 0 aromatic carbocycles. The number of pyridine rings is 1. The summed E-state index contributed by atoms with van der Waals surface area (Å²) in [6.07, 6.45) is 4.13. The zero-order chi connectivity index (χ0) is 12.3. The molecule has 0 radical (unpaired) electrons. The molecule has 0 amide bonds. The number of aromatic hydroxyl groups is 1. The first-order chi connectivity index (χ1) is 8.15. The molecular formula is C14H22N2O.